The summed E-state index contributed by atoms with van der Waals surface area (Å²) in [5, 5.41) is 7.09. The predicted molar refractivity (Wildman–Crippen MR) is 114 cm³/mol. The lowest BCUT2D eigenvalue weighted by Gasteiger charge is -2.21. The van der Waals surface area contributed by atoms with Gasteiger partial charge in [-0.15, -0.1) is 22.9 Å². The van der Waals surface area contributed by atoms with Crippen LogP contribution < -0.4 is 10.3 Å². The molecule has 0 unspecified atom stereocenters. The first-order chi connectivity index (χ1) is 12.8. The number of rotatable bonds is 8. The molecule has 0 spiro atoms. The summed E-state index contributed by atoms with van der Waals surface area (Å²) >= 11 is 7.39. The molecule has 4 nitrogen and oxygen atoms in total. The summed E-state index contributed by atoms with van der Waals surface area (Å²) < 4.78 is 0. The molecule has 134 valence electrons. The molecule has 0 bridgehead atoms. The van der Waals surface area contributed by atoms with Crippen LogP contribution in [0.25, 0.3) is 11.3 Å². The van der Waals surface area contributed by atoms with E-state index < -0.39 is 0 Å². The maximum atomic E-state index is 5.85. The molecule has 0 amide bonds. The van der Waals surface area contributed by atoms with Gasteiger partial charge >= 0.3 is 0 Å². The van der Waals surface area contributed by atoms with E-state index in [2.05, 4.69) is 51.6 Å². The fourth-order valence-electron chi connectivity index (χ4n) is 2.57. The molecule has 0 fully saturated rings. The second-order valence-corrected chi connectivity index (χ2v) is 6.87. The SMILES string of the molecule is CCN(CCCl)c1ccc(C=NNc2nc(-c3ccccc3)cs2)cc1. The molecule has 0 aliphatic carbocycles. The Hall–Kier alpha value is -2.37. The first-order valence-electron chi connectivity index (χ1n) is 8.51. The molecule has 1 aromatic heterocycles. The first kappa shape index (κ1) is 18.4. The minimum Gasteiger partial charge on any atom is -0.371 e. The van der Waals surface area contributed by atoms with Gasteiger partial charge in [-0.05, 0) is 24.6 Å². The molecule has 0 atom stereocenters. The van der Waals surface area contributed by atoms with Gasteiger partial charge in [-0.25, -0.2) is 4.98 Å². The topological polar surface area (TPSA) is 40.5 Å². The lowest BCUT2D eigenvalue weighted by Crippen LogP contribution is -2.24. The molecule has 0 aliphatic rings. The van der Waals surface area contributed by atoms with Crippen LogP contribution >= 0.6 is 22.9 Å². The number of halogens is 1. The number of hydrogen-bond acceptors (Lipinski definition) is 5. The average Bonchev–Trinajstić information content (AvgIpc) is 3.16. The first-order valence-corrected chi connectivity index (χ1v) is 9.92. The Morgan fingerprint density at radius 2 is 1.92 bits per heavy atom. The summed E-state index contributed by atoms with van der Waals surface area (Å²) in [6, 6.07) is 18.4. The highest BCUT2D eigenvalue weighted by Crippen LogP contribution is 2.24. The number of benzene rings is 2. The van der Waals surface area contributed by atoms with Crippen LogP contribution in [-0.2, 0) is 0 Å². The van der Waals surface area contributed by atoms with Gasteiger partial charge < -0.3 is 4.90 Å². The number of aromatic nitrogens is 1. The molecule has 0 saturated heterocycles. The lowest BCUT2D eigenvalue weighted by atomic mass is 10.2. The minimum absolute atomic E-state index is 0.625. The highest BCUT2D eigenvalue weighted by molar-refractivity contribution is 7.14. The van der Waals surface area contributed by atoms with E-state index in [1.165, 1.54) is 17.0 Å². The van der Waals surface area contributed by atoms with Crippen LogP contribution in [0.2, 0.25) is 0 Å². The third kappa shape index (κ3) is 4.84. The highest BCUT2D eigenvalue weighted by atomic mass is 35.5. The Balaban J connectivity index is 1.60. The lowest BCUT2D eigenvalue weighted by molar-refractivity contribution is 0.870. The van der Waals surface area contributed by atoms with E-state index in [9.17, 15) is 0 Å². The number of hydrogen-bond donors (Lipinski definition) is 1. The average molecular weight is 385 g/mol. The molecule has 0 radical (unpaired) electrons. The van der Waals surface area contributed by atoms with Crippen molar-refractivity contribution in [3.8, 4) is 11.3 Å². The molecule has 1 N–H and O–H groups in total. The van der Waals surface area contributed by atoms with Crippen molar-refractivity contribution in [1.29, 1.82) is 0 Å². The second kappa shape index (κ2) is 9.36. The van der Waals surface area contributed by atoms with Crippen molar-refractivity contribution in [3.63, 3.8) is 0 Å². The van der Waals surface area contributed by atoms with Crippen molar-refractivity contribution in [2.45, 2.75) is 6.92 Å². The molecule has 3 aromatic rings. The predicted octanol–water partition coefficient (Wildman–Crippen LogP) is 5.32. The Bertz CT molecular complexity index is 831. The Labute approximate surface area is 163 Å². The molecule has 0 aliphatic heterocycles. The standard InChI is InChI=1S/C20H21ClN4S/c1-2-25(13-12-21)18-10-8-16(9-11-18)14-22-24-20-23-19(15-26-20)17-6-4-3-5-7-17/h3-11,14-15H,2,12-13H2,1H3,(H,23,24). The maximum absolute atomic E-state index is 5.85. The number of nitrogens with one attached hydrogen (secondary N) is 1. The van der Waals surface area contributed by atoms with Crippen molar-refractivity contribution >= 4 is 40.0 Å². The van der Waals surface area contributed by atoms with Crippen LogP contribution in [0.4, 0.5) is 10.8 Å². The second-order valence-electron chi connectivity index (χ2n) is 5.63. The van der Waals surface area contributed by atoms with Gasteiger partial charge in [-0.1, -0.05) is 42.5 Å². The van der Waals surface area contributed by atoms with Gasteiger partial charge in [0.15, 0.2) is 0 Å². The van der Waals surface area contributed by atoms with E-state index >= 15 is 0 Å². The number of nitrogens with zero attached hydrogens (tertiary/aromatic N) is 3. The summed E-state index contributed by atoms with van der Waals surface area (Å²) in [7, 11) is 0. The Morgan fingerprint density at radius 3 is 2.62 bits per heavy atom. The fraction of sp³-hybridized carbons (Fsp3) is 0.200. The zero-order chi connectivity index (χ0) is 18.2. The van der Waals surface area contributed by atoms with Crippen LogP contribution in [0.3, 0.4) is 0 Å². The van der Waals surface area contributed by atoms with Gasteiger partial charge in [-0.2, -0.15) is 5.10 Å². The highest BCUT2D eigenvalue weighted by Gasteiger charge is 2.04. The molecule has 0 saturated carbocycles. The number of anilines is 2. The maximum Gasteiger partial charge on any atom is 0.203 e. The molecule has 2 aromatic carbocycles. The van der Waals surface area contributed by atoms with Crippen molar-refractivity contribution in [3.05, 3.63) is 65.5 Å². The molecule has 26 heavy (non-hydrogen) atoms. The van der Waals surface area contributed by atoms with Gasteiger partial charge in [-0.3, -0.25) is 5.43 Å². The van der Waals surface area contributed by atoms with Gasteiger partial charge in [0, 0.05) is 35.6 Å². The zero-order valence-electron chi connectivity index (χ0n) is 14.6. The number of alkyl halides is 1. The van der Waals surface area contributed by atoms with Gasteiger partial charge in [0.05, 0.1) is 11.9 Å². The van der Waals surface area contributed by atoms with Crippen LogP contribution in [0.15, 0.2) is 65.1 Å². The molecular formula is C20H21ClN4S. The van der Waals surface area contributed by atoms with Crippen molar-refractivity contribution in [1.82, 2.24) is 4.98 Å². The summed E-state index contributed by atoms with van der Waals surface area (Å²) in [4.78, 5) is 6.80. The van der Waals surface area contributed by atoms with Crippen molar-refractivity contribution in [2.75, 3.05) is 29.3 Å². The van der Waals surface area contributed by atoms with E-state index in [0.29, 0.717) is 5.88 Å². The summed E-state index contributed by atoms with van der Waals surface area (Å²) in [6.07, 6.45) is 1.80. The number of thiazole rings is 1. The zero-order valence-corrected chi connectivity index (χ0v) is 16.2. The largest absolute Gasteiger partial charge is 0.371 e. The molecule has 3 rings (SSSR count). The Kier molecular flexibility index (Phi) is 6.63. The fourth-order valence-corrected chi connectivity index (χ4v) is 3.44. The minimum atomic E-state index is 0.625. The monoisotopic (exact) mass is 384 g/mol. The van der Waals surface area contributed by atoms with E-state index in [1.807, 2.05) is 35.7 Å². The van der Waals surface area contributed by atoms with Crippen LogP contribution in [0.5, 0.6) is 0 Å². The van der Waals surface area contributed by atoms with Crippen LogP contribution in [0.1, 0.15) is 12.5 Å². The number of hydrazone groups is 1. The van der Waals surface area contributed by atoms with E-state index in [0.717, 1.165) is 35.0 Å². The van der Waals surface area contributed by atoms with Crippen molar-refractivity contribution < 1.29 is 0 Å². The molecule has 6 heteroatoms. The summed E-state index contributed by atoms with van der Waals surface area (Å²) in [5.74, 6) is 0.625. The van der Waals surface area contributed by atoms with E-state index in [-0.39, 0.29) is 0 Å². The summed E-state index contributed by atoms with van der Waals surface area (Å²) in [5.41, 5.74) is 7.26. The molecule has 1 heterocycles. The van der Waals surface area contributed by atoms with E-state index in [4.69, 9.17) is 11.6 Å². The van der Waals surface area contributed by atoms with Gasteiger partial charge in [0.1, 0.15) is 0 Å². The quantitative estimate of drug-likeness (QED) is 0.324. The van der Waals surface area contributed by atoms with Gasteiger partial charge in [0.2, 0.25) is 5.13 Å². The summed E-state index contributed by atoms with van der Waals surface area (Å²) in [6.45, 7) is 3.92. The third-order valence-electron chi connectivity index (χ3n) is 3.94. The van der Waals surface area contributed by atoms with Crippen LogP contribution in [-0.4, -0.2) is 30.2 Å². The van der Waals surface area contributed by atoms with Gasteiger partial charge in [0.25, 0.3) is 0 Å². The van der Waals surface area contributed by atoms with E-state index in [1.54, 1.807) is 6.21 Å². The Morgan fingerprint density at radius 1 is 1.15 bits per heavy atom. The van der Waals surface area contributed by atoms with Crippen molar-refractivity contribution in [2.24, 2.45) is 5.10 Å². The third-order valence-corrected chi connectivity index (χ3v) is 4.86. The molecular weight excluding hydrogens is 364 g/mol. The van der Waals surface area contributed by atoms with Crippen LogP contribution in [0, 0.1) is 0 Å². The normalized spacial score (nSPS) is 11.0. The smallest absolute Gasteiger partial charge is 0.203 e.